The molecule has 1 atom stereocenters. The first-order valence-corrected chi connectivity index (χ1v) is 10.5. The smallest absolute Gasteiger partial charge is 0.0566 e. The molecule has 128 valence electrons. The predicted octanol–water partition coefficient (Wildman–Crippen LogP) is 3.35. The Hall–Kier alpha value is -0.420. The van der Waals surface area contributed by atoms with Gasteiger partial charge in [0.25, 0.3) is 0 Å². The van der Waals surface area contributed by atoms with E-state index >= 15 is 0 Å². The summed E-state index contributed by atoms with van der Waals surface area (Å²) in [5, 5.41) is 6.15. The van der Waals surface area contributed by atoms with Crippen molar-refractivity contribution in [3.8, 4) is 0 Å². The van der Waals surface area contributed by atoms with Gasteiger partial charge in [0.15, 0.2) is 0 Å². The molecule has 1 saturated carbocycles. The summed E-state index contributed by atoms with van der Waals surface area (Å²) in [7, 11) is 0. The van der Waals surface area contributed by atoms with Crippen LogP contribution >= 0.6 is 11.3 Å². The summed E-state index contributed by atoms with van der Waals surface area (Å²) in [5.41, 5.74) is 0. The van der Waals surface area contributed by atoms with E-state index in [1.165, 1.54) is 71.2 Å². The van der Waals surface area contributed by atoms with Crippen molar-refractivity contribution in [1.29, 1.82) is 0 Å². The van der Waals surface area contributed by atoms with Crippen molar-refractivity contribution in [2.45, 2.75) is 50.6 Å². The van der Waals surface area contributed by atoms with Crippen LogP contribution in [0.25, 0.3) is 0 Å². The lowest BCUT2D eigenvalue weighted by molar-refractivity contribution is 0.178. The van der Waals surface area contributed by atoms with Crippen LogP contribution in [-0.4, -0.2) is 55.1 Å². The number of hydrogen-bond acceptors (Lipinski definition) is 4. The van der Waals surface area contributed by atoms with E-state index in [2.05, 4.69) is 32.6 Å². The van der Waals surface area contributed by atoms with Crippen LogP contribution in [0.15, 0.2) is 17.5 Å². The van der Waals surface area contributed by atoms with Gasteiger partial charge in [0.1, 0.15) is 0 Å². The molecule has 4 heteroatoms. The van der Waals surface area contributed by atoms with Gasteiger partial charge in [0.2, 0.25) is 0 Å². The number of likely N-dealkylation sites (tertiary alicyclic amines) is 2. The van der Waals surface area contributed by atoms with Crippen LogP contribution in [0.2, 0.25) is 0 Å². The number of thiophene rings is 1. The molecule has 0 spiro atoms. The van der Waals surface area contributed by atoms with Gasteiger partial charge in [-0.3, -0.25) is 4.90 Å². The highest BCUT2D eigenvalue weighted by molar-refractivity contribution is 7.10. The summed E-state index contributed by atoms with van der Waals surface area (Å²) in [6, 6.07) is 5.87. The largest absolute Gasteiger partial charge is 0.312 e. The second kappa shape index (κ2) is 7.64. The number of hydrogen-bond donors (Lipinski definition) is 1. The molecule has 0 bridgehead atoms. The van der Waals surface area contributed by atoms with Gasteiger partial charge in [-0.15, -0.1) is 11.3 Å². The lowest BCUT2D eigenvalue weighted by Crippen LogP contribution is -2.45. The molecule has 23 heavy (non-hydrogen) atoms. The van der Waals surface area contributed by atoms with Crippen molar-refractivity contribution in [3.63, 3.8) is 0 Å². The zero-order chi connectivity index (χ0) is 15.5. The number of nitrogens with zero attached hydrogens (tertiary/aromatic N) is 2. The van der Waals surface area contributed by atoms with Crippen molar-refractivity contribution >= 4 is 11.3 Å². The van der Waals surface area contributed by atoms with Crippen LogP contribution in [0.3, 0.4) is 0 Å². The normalized spacial score (nSPS) is 25.9. The fourth-order valence-electron chi connectivity index (χ4n) is 4.21. The maximum absolute atomic E-state index is 3.91. The number of nitrogens with one attached hydrogen (secondary N) is 1. The first-order chi connectivity index (χ1) is 11.4. The Balaban J connectivity index is 1.26. The number of rotatable bonds is 7. The average molecular weight is 334 g/mol. The Morgan fingerprint density at radius 1 is 1.09 bits per heavy atom. The molecule has 0 unspecified atom stereocenters. The summed E-state index contributed by atoms with van der Waals surface area (Å²) in [5.74, 6) is 1.04. The summed E-state index contributed by atoms with van der Waals surface area (Å²) in [6.45, 7) is 7.68. The summed E-state index contributed by atoms with van der Waals surface area (Å²) < 4.78 is 0. The highest BCUT2D eigenvalue weighted by atomic mass is 32.1. The molecule has 2 saturated heterocycles. The Morgan fingerprint density at radius 2 is 1.87 bits per heavy atom. The molecule has 3 fully saturated rings. The van der Waals surface area contributed by atoms with Gasteiger partial charge >= 0.3 is 0 Å². The highest BCUT2D eigenvalue weighted by Crippen LogP contribution is 2.31. The van der Waals surface area contributed by atoms with Gasteiger partial charge < -0.3 is 10.2 Å². The second-order valence-electron chi connectivity index (χ2n) is 7.70. The zero-order valence-corrected chi connectivity index (χ0v) is 15.1. The van der Waals surface area contributed by atoms with Crippen LogP contribution in [0.4, 0.5) is 0 Å². The van der Waals surface area contributed by atoms with Crippen LogP contribution < -0.4 is 5.32 Å². The lowest BCUT2D eigenvalue weighted by Gasteiger charge is -2.34. The Labute approximate surface area is 145 Å². The molecular weight excluding hydrogens is 302 g/mol. The quantitative estimate of drug-likeness (QED) is 0.825. The van der Waals surface area contributed by atoms with E-state index < -0.39 is 0 Å². The molecule has 0 amide bonds. The molecule has 1 aromatic rings. The molecule has 4 rings (SSSR count). The highest BCUT2D eigenvalue weighted by Gasteiger charge is 2.28. The van der Waals surface area contributed by atoms with E-state index in [4.69, 9.17) is 0 Å². The summed E-state index contributed by atoms with van der Waals surface area (Å²) in [4.78, 5) is 6.94. The van der Waals surface area contributed by atoms with Gasteiger partial charge in [-0.2, -0.15) is 0 Å². The third-order valence-corrected chi connectivity index (χ3v) is 6.83. The molecule has 1 aliphatic carbocycles. The monoisotopic (exact) mass is 333 g/mol. The average Bonchev–Trinajstić information content (AvgIpc) is 3.06. The molecule has 1 N–H and O–H groups in total. The molecule has 2 aliphatic heterocycles. The Kier molecular flexibility index (Phi) is 5.34. The van der Waals surface area contributed by atoms with Crippen molar-refractivity contribution < 1.29 is 0 Å². The third-order valence-electron chi connectivity index (χ3n) is 5.85. The number of piperidine rings is 1. The minimum absolute atomic E-state index is 0.599. The van der Waals surface area contributed by atoms with Gasteiger partial charge in [-0.25, -0.2) is 0 Å². The summed E-state index contributed by atoms with van der Waals surface area (Å²) >= 11 is 1.93. The molecule has 3 nitrogen and oxygen atoms in total. The van der Waals surface area contributed by atoms with Crippen LogP contribution in [0.1, 0.15) is 49.4 Å². The molecule has 3 heterocycles. The van der Waals surface area contributed by atoms with Crippen molar-refractivity contribution in [2.24, 2.45) is 5.92 Å². The SMILES string of the molecule is c1csc([C@@H](CNC2CCN(CC3CC3)CC2)N2CCCC2)c1. The molecule has 0 radical (unpaired) electrons. The van der Waals surface area contributed by atoms with E-state index in [9.17, 15) is 0 Å². The van der Waals surface area contributed by atoms with Crippen LogP contribution in [0.5, 0.6) is 0 Å². The van der Waals surface area contributed by atoms with Crippen molar-refractivity contribution in [3.05, 3.63) is 22.4 Å². The lowest BCUT2D eigenvalue weighted by atomic mass is 10.0. The minimum atomic E-state index is 0.599. The second-order valence-corrected chi connectivity index (χ2v) is 8.68. The maximum Gasteiger partial charge on any atom is 0.0566 e. The fraction of sp³-hybridized carbons (Fsp3) is 0.789. The van der Waals surface area contributed by atoms with E-state index in [0.29, 0.717) is 6.04 Å². The van der Waals surface area contributed by atoms with Gasteiger partial charge in [0, 0.05) is 24.0 Å². The molecule has 0 aromatic carbocycles. The van der Waals surface area contributed by atoms with Gasteiger partial charge in [-0.05, 0) is 82.1 Å². The van der Waals surface area contributed by atoms with E-state index in [1.54, 1.807) is 4.88 Å². The van der Waals surface area contributed by atoms with E-state index in [1.807, 2.05) is 11.3 Å². The third kappa shape index (κ3) is 4.36. The van der Waals surface area contributed by atoms with Gasteiger partial charge in [0.05, 0.1) is 6.04 Å². The van der Waals surface area contributed by atoms with E-state index in [-0.39, 0.29) is 0 Å². The van der Waals surface area contributed by atoms with Gasteiger partial charge in [-0.1, -0.05) is 6.07 Å². The van der Waals surface area contributed by atoms with Crippen LogP contribution in [0, 0.1) is 5.92 Å². The fourth-order valence-corrected chi connectivity index (χ4v) is 5.07. The predicted molar refractivity (Wildman–Crippen MR) is 98.1 cm³/mol. The summed E-state index contributed by atoms with van der Waals surface area (Å²) in [6.07, 6.45) is 8.39. The Bertz CT molecular complexity index is 457. The molecular formula is C19H31N3S. The Morgan fingerprint density at radius 3 is 2.52 bits per heavy atom. The van der Waals surface area contributed by atoms with Crippen molar-refractivity contribution in [2.75, 3.05) is 39.3 Å². The topological polar surface area (TPSA) is 18.5 Å². The van der Waals surface area contributed by atoms with Crippen LogP contribution in [-0.2, 0) is 0 Å². The first-order valence-electron chi connectivity index (χ1n) is 9.61. The molecule has 3 aliphatic rings. The minimum Gasteiger partial charge on any atom is -0.312 e. The standard InChI is InChI=1S/C19H31N3S/c1-2-10-22(9-1)18(19-4-3-13-23-19)14-20-17-7-11-21(12-8-17)15-16-5-6-16/h3-4,13,16-18,20H,1-2,5-12,14-15H2/t18-/m1/s1. The molecule has 1 aromatic heterocycles. The first kappa shape index (κ1) is 16.1. The zero-order valence-electron chi connectivity index (χ0n) is 14.3. The van der Waals surface area contributed by atoms with E-state index in [0.717, 1.165) is 18.5 Å². The maximum atomic E-state index is 3.91. The van der Waals surface area contributed by atoms with Crippen molar-refractivity contribution in [1.82, 2.24) is 15.1 Å².